The quantitative estimate of drug-likeness (QED) is 0.862. The topological polar surface area (TPSA) is 80.9 Å². The van der Waals surface area contributed by atoms with Crippen LogP contribution in [0.15, 0.2) is 0 Å². The molecule has 0 aliphatic heterocycles. The van der Waals surface area contributed by atoms with Crippen molar-refractivity contribution >= 4 is 5.97 Å². The monoisotopic (exact) mass is 252 g/mol. The van der Waals surface area contributed by atoms with E-state index in [0.29, 0.717) is 18.9 Å². The summed E-state index contributed by atoms with van der Waals surface area (Å²) in [7, 11) is 0. The van der Waals surface area contributed by atoms with Crippen molar-refractivity contribution < 1.29 is 9.90 Å². The Labute approximate surface area is 106 Å². The van der Waals surface area contributed by atoms with Crippen LogP contribution in [0, 0.1) is 10.8 Å². The molecular weight excluding hydrogens is 232 g/mol. The highest BCUT2D eigenvalue weighted by Gasteiger charge is 2.50. The molecule has 100 valence electrons. The summed E-state index contributed by atoms with van der Waals surface area (Å²) in [6, 6.07) is 0. The summed E-state index contributed by atoms with van der Waals surface area (Å²) in [5.41, 5.74) is -0.582. The van der Waals surface area contributed by atoms with Crippen LogP contribution in [0.1, 0.15) is 52.3 Å². The average molecular weight is 252 g/mol. The van der Waals surface area contributed by atoms with Gasteiger partial charge < -0.3 is 5.11 Å². The van der Waals surface area contributed by atoms with E-state index in [1.807, 2.05) is 6.92 Å². The molecule has 6 nitrogen and oxygen atoms in total. The van der Waals surface area contributed by atoms with Crippen molar-refractivity contribution in [2.24, 2.45) is 10.8 Å². The molecule has 1 aromatic rings. The molecule has 0 spiro atoms. The van der Waals surface area contributed by atoms with E-state index >= 15 is 0 Å². The van der Waals surface area contributed by atoms with Gasteiger partial charge >= 0.3 is 5.97 Å². The Morgan fingerprint density at radius 2 is 2.22 bits per heavy atom. The summed E-state index contributed by atoms with van der Waals surface area (Å²) < 4.78 is 1.66. The van der Waals surface area contributed by atoms with Gasteiger partial charge in [0.25, 0.3) is 0 Å². The lowest BCUT2D eigenvalue weighted by Gasteiger charge is -2.23. The molecule has 0 saturated heterocycles. The van der Waals surface area contributed by atoms with Gasteiger partial charge in [-0.25, -0.2) is 4.68 Å². The lowest BCUT2D eigenvalue weighted by molar-refractivity contribution is -0.149. The molecule has 1 N–H and O–H groups in total. The molecule has 1 heterocycles. The fourth-order valence-corrected chi connectivity index (χ4v) is 2.14. The first-order chi connectivity index (χ1) is 8.30. The second kappa shape index (κ2) is 4.03. The van der Waals surface area contributed by atoms with Gasteiger partial charge in [0.2, 0.25) is 0 Å². The highest BCUT2D eigenvalue weighted by Crippen LogP contribution is 2.57. The van der Waals surface area contributed by atoms with Crippen molar-refractivity contribution in [3.8, 4) is 0 Å². The molecule has 1 aliphatic rings. The number of tetrazole rings is 1. The number of aromatic nitrogens is 4. The largest absolute Gasteiger partial charge is 0.481 e. The molecule has 18 heavy (non-hydrogen) atoms. The van der Waals surface area contributed by atoms with Crippen molar-refractivity contribution in [2.75, 3.05) is 0 Å². The van der Waals surface area contributed by atoms with Crippen LogP contribution in [0.4, 0.5) is 0 Å². The molecule has 2 rings (SSSR count). The third-order valence-electron chi connectivity index (χ3n) is 4.18. The minimum Gasteiger partial charge on any atom is -0.481 e. The molecule has 2 unspecified atom stereocenters. The first kappa shape index (κ1) is 13.0. The highest BCUT2D eigenvalue weighted by atomic mass is 16.4. The van der Waals surface area contributed by atoms with Crippen LogP contribution in [0.2, 0.25) is 0 Å². The Morgan fingerprint density at radius 1 is 1.61 bits per heavy atom. The number of carbonyl (C=O) groups is 1. The van der Waals surface area contributed by atoms with Crippen LogP contribution >= 0.6 is 0 Å². The normalized spacial score (nSPS) is 24.6. The minimum absolute atomic E-state index is 0.234. The van der Waals surface area contributed by atoms with Gasteiger partial charge in [-0.1, -0.05) is 20.8 Å². The van der Waals surface area contributed by atoms with Crippen LogP contribution in [0.5, 0.6) is 0 Å². The fourth-order valence-electron chi connectivity index (χ4n) is 2.14. The molecule has 1 aliphatic carbocycles. The van der Waals surface area contributed by atoms with Gasteiger partial charge in [-0.2, -0.15) is 0 Å². The third kappa shape index (κ3) is 2.11. The minimum atomic E-state index is -0.816. The maximum absolute atomic E-state index is 11.3. The van der Waals surface area contributed by atoms with E-state index in [1.165, 1.54) is 0 Å². The standard InChI is InChI=1S/C12H20N4O2/c1-5-12(4,10(17)18)7-16-9(13-14-15-16)8-6-11(8,2)3/h8H,5-7H2,1-4H3,(H,17,18). The molecule has 1 saturated carbocycles. The number of rotatable bonds is 5. The second-order valence-electron chi connectivity index (χ2n) is 6.16. The average Bonchev–Trinajstić information content (AvgIpc) is 2.73. The molecule has 0 amide bonds. The van der Waals surface area contributed by atoms with E-state index in [1.54, 1.807) is 11.6 Å². The fraction of sp³-hybridized carbons (Fsp3) is 0.833. The molecule has 0 bridgehead atoms. The third-order valence-corrected chi connectivity index (χ3v) is 4.18. The lowest BCUT2D eigenvalue weighted by atomic mass is 9.87. The summed E-state index contributed by atoms with van der Waals surface area (Å²) in [6.07, 6.45) is 1.61. The molecular formula is C12H20N4O2. The van der Waals surface area contributed by atoms with E-state index in [0.717, 1.165) is 12.2 Å². The Morgan fingerprint density at radius 3 is 2.67 bits per heavy atom. The number of hydrogen-bond acceptors (Lipinski definition) is 4. The Bertz CT molecular complexity index is 468. The SMILES string of the molecule is CCC(C)(Cn1nnnc1C1CC1(C)C)C(=O)O. The number of nitrogens with zero attached hydrogens (tertiary/aromatic N) is 4. The van der Waals surface area contributed by atoms with Gasteiger partial charge in [0.05, 0.1) is 12.0 Å². The van der Waals surface area contributed by atoms with E-state index in [9.17, 15) is 9.90 Å². The zero-order chi connectivity index (χ0) is 13.6. The summed E-state index contributed by atoms with van der Waals surface area (Å²) in [5, 5.41) is 21.0. The summed E-state index contributed by atoms with van der Waals surface area (Å²) in [4.78, 5) is 11.3. The van der Waals surface area contributed by atoms with Crippen molar-refractivity contribution in [1.82, 2.24) is 20.2 Å². The van der Waals surface area contributed by atoms with Crippen LogP contribution < -0.4 is 0 Å². The van der Waals surface area contributed by atoms with Crippen molar-refractivity contribution in [3.63, 3.8) is 0 Å². The Kier molecular flexibility index (Phi) is 2.91. The zero-order valence-electron chi connectivity index (χ0n) is 11.3. The lowest BCUT2D eigenvalue weighted by Crippen LogP contribution is -2.33. The van der Waals surface area contributed by atoms with Crippen LogP contribution in [-0.2, 0) is 11.3 Å². The second-order valence-corrected chi connectivity index (χ2v) is 6.16. The van der Waals surface area contributed by atoms with Gasteiger partial charge in [-0.15, -0.1) is 5.10 Å². The highest BCUT2D eigenvalue weighted by molar-refractivity contribution is 5.73. The van der Waals surface area contributed by atoms with Gasteiger partial charge in [0, 0.05) is 5.92 Å². The number of aliphatic carboxylic acids is 1. The molecule has 2 atom stereocenters. The van der Waals surface area contributed by atoms with Gasteiger partial charge in [-0.3, -0.25) is 4.79 Å². The molecule has 6 heteroatoms. The predicted molar refractivity (Wildman–Crippen MR) is 65.0 cm³/mol. The van der Waals surface area contributed by atoms with Gasteiger partial charge in [0.15, 0.2) is 5.82 Å². The van der Waals surface area contributed by atoms with E-state index in [-0.39, 0.29) is 5.41 Å². The smallest absolute Gasteiger partial charge is 0.311 e. The molecule has 0 radical (unpaired) electrons. The first-order valence-electron chi connectivity index (χ1n) is 6.29. The van der Waals surface area contributed by atoms with Crippen LogP contribution in [-0.4, -0.2) is 31.3 Å². The van der Waals surface area contributed by atoms with Crippen molar-refractivity contribution in [3.05, 3.63) is 5.82 Å². The summed E-state index contributed by atoms with van der Waals surface area (Å²) in [5.74, 6) is 0.366. The number of carboxylic acid groups (broad SMARTS) is 1. The van der Waals surface area contributed by atoms with E-state index in [4.69, 9.17) is 0 Å². The van der Waals surface area contributed by atoms with E-state index < -0.39 is 11.4 Å². The van der Waals surface area contributed by atoms with Crippen LogP contribution in [0.25, 0.3) is 0 Å². The molecule has 1 aromatic heterocycles. The Balaban J connectivity index is 2.21. The van der Waals surface area contributed by atoms with Crippen molar-refractivity contribution in [2.45, 2.75) is 53.0 Å². The summed E-state index contributed by atoms with van der Waals surface area (Å²) in [6.45, 7) is 8.28. The number of hydrogen-bond donors (Lipinski definition) is 1. The zero-order valence-corrected chi connectivity index (χ0v) is 11.3. The molecule has 1 fully saturated rings. The summed E-state index contributed by atoms with van der Waals surface area (Å²) >= 11 is 0. The van der Waals surface area contributed by atoms with E-state index in [2.05, 4.69) is 29.4 Å². The first-order valence-corrected chi connectivity index (χ1v) is 6.29. The maximum atomic E-state index is 11.3. The number of carboxylic acids is 1. The van der Waals surface area contributed by atoms with Crippen LogP contribution in [0.3, 0.4) is 0 Å². The Hall–Kier alpha value is -1.46. The van der Waals surface area contributed by atoms with Gasteiger partial charge in [0.1, 0.15) is 0 Å². The predicted octanol–water partition coefficient (Wildman–Crippen LogP) is 1.69. The van der Waals surface area contributed by atoms with Gasteiger partial charge in [-0.05, 0) is 35.6 Å². The maximum Gasteiger partial charge on any atom is 0.311 e. The molecule has 0 aromatic carbocycles. The van der Waals surface area contributed by atoms with Crippen molar-refractivity contribution in [1.29, 1.82) is 0 Å².